The normalized spacial score (nSPS) is 15.2. The summed E-state index contributed by atoms with van der Waals surface area (Å²) in [7, 11) is 0. The number of aliphatic imine (C=N–C) groups is 1. The predicted molar refractivity (Wildman–Crippen MR) is 75.3 cm³/mol. The van der Waals surface area contributed by atoms with E-state index in [4.69, 9.17) is 4.42 Å². The molecule has 0 bridgehead atoms. The number of oxazole rings is 1. The van der Waals surface area contributed by atoms with E-state index in [9.17, 15) is 9.90 Å². The lowest BCUT2D eigenvalue weighted by Crippen LogP contribution is -2.15. The summed E-state index contributed by atoms with van der Waals surface area (Å²) < 4.78 is 6.27. The van der Waals surface area contributed by atoms with Crippen LogP contribution in [-0.4, -0.2) is 20.9 Å². The second-order valence-electron chi connectivity index (χ2n) is 4.75. The molecule has 3 heterocycles. The molecule has 1 aliphatic heterocycles. The largest absolute Gasteiger partial charge is 0.492 e. The van der Waals surface area contributed by atoms with E-state index in [0.29, 0.717) is 11.3 Å². The zero-order valence-electron chi connectivity index (χ0n) is 11.1. The molecule has 20 heavy (non-hydrogen) atoms. The monoisotopic (exact) mass is 271 g/mol. The number of aromatic hydroxyl groups is 1. The van der Waals surface area contributed by atoms with Crippen LogP contribution in [0.4, 0.5) is 5.69 Å². The number of allylic oxidation sites excluding steroid dienone is 1. The van der Waals surface area contributed by atoms with Crippen LogP contribution in [0.1, 0.15) is 31.3 Å². The molecule has 2 aromatic heterocycles. The van der Waals surface area contributed by atoms with E-state index < -0.39 is 5.76 Å². The Morgan fingerprint density at radius 2 is 2.25 bits per heavy atom. The average Bonchev–Trinajstić information content (AvgIpc) is 2.93. The number of nitrogens with zero attached hydrogens (tertiary/aromatic N) is 3. The standard InChI is InChI=1S/C14H13N3O3/c1-8(2)17-13(18)11(20-14(17)19)6-9-7-16-10-4-3-5-15-12(9)10/h3-8,18H,1-2H3/b9-6+. The molecule has 0 radical (unpaired) electrons. The Hall–Kier alpha value is -2.63. The van der Waals surface area contributed by atoms with Crippen molar-refractivity contribution in [2.45, 2.75) is 19.9 Å². The molecule has 0 unspecified atom stereocenters. The first-order chi connectivity index (χ1) is 9.58. The number of hydrogen-bond donors (Lipinski definition) is 1. The smallest absolute Gasteiger partial charge is 0.422 e. The topological polar surface area (TPSA) is 80.6 Å². The van der Waals surface area contributed by atoms with Gasteiger partial charge >= 0.3 is 5.76 Å². The van der Waals surface area contributed by atoms with E-state index in [1.54, 1.807) is 38.4 Å². The zero-order valence-corrected chi connectivity index (χ0v) is 11.1. The molecule has 3 rings (SSSR count). The molecular weight excluding hydrogens is 258 g/mol. The summed E-state index contributed by atoms with van der Waals surface area (Å²) in [4.78, 5) is 20.1. The van der Waals surface area contributed by atoms with Crippen molar-refractivity contribution in [3.8, 4) is 5.88 Å². The highest BCUT2D eigenvalue weighted by molar-refractivity contribution is 6.20. The van der Waals surface area contributed by atoms with Crippen LogP contribution < -0.4 is 5.76 Å². The van der Waals surface area contributed by atoms with E-state index in [0.717, 1.165) is 5.69 Å². The number of rotatable bonds is 2. The van der Waals surface area contributed by atoms with Crippen molar-refractivity contribution in [2.24, 2.45) is 4.99 Å². The van der Waals surface area contributed by atoms with Gasteiger partial charge in [0.2, 0.25) is 5.88 Å². The van der Waals surface area contributed by atoms with Gasteiger partial charge < -0.3 is 9.52 Å². The van der Waals surface area contributed by atoms with Gasteiger partial charge in [0, 0.05) is 24.0 Å². The van der Waals surface area contributed by atoms with Crippen LogP contribution in [0.2, 0.25) is 0 Å². The molecule has 1 aliphatic rings. The minimum atomic E-state index is -0.583. The first-order valence-corrected chi connectivity index (χ1v) is 6.23. The van der Waals surface area contributed by atoms with Crippen molar-refractivity contribution >= 4 is 23.6 Å². The molecule has 0 atom stereocenters. The van der Waals surface area contributed by atoms with E-state index >= 15 is 0 Å². The molecule has 2 aromatic rings. The third-order valence-corrected chi connectivity index (χ3v) is 3.05. The second kappa shape index (κ2) is 4.48. The average molecular weight is 271 g/mol. The number of fused-ring (bicyclic) bond motifs is 1. The number of aromatic nitrogens is 2. The molecule has 0 amide bonds. The van der Waals surface area contributed by atoms with Gasteiger partial charge in [-0.25, -0.2) is 9.36 Å². The molecule has 6 heteroatoms. The van der Waals surface area contributed by atoms with Crippen LogP contribution in [0.25, 0.3) is 11.6 Å². The van der Waals surface area contributed by atoms with Gasteiger partial charge in [-0.15, -0.1) is 0 Å². The molecule has 102 valence electrons. The minimum Gasteiger partial charge on any atom is -0.492 e. The van der Waals surface area contributed by atoms with Crippen molar-refractivity contribution in [3.05, 3.63) is 40.3 Å². The Kier molecular flexibility index (Phi) is 2.78. The Morgan fingerprint density at radius 3 is 2.95 bits per heavy atom. The Bertz CT molecular complexity index is 781. The van der Waals surface area contributed by atoms with Gasteiger partial charge in [-0.05, 0) is 32.1 Å². The molecule has 0 saturated carbocycles. The van der Waals surface area contributed by atoms with Crippen LogP contribution in [0.5, 0.6) is 5.88 Å². The maximum absolute atomic E-state index is 11.7. The highest BCUT2D eigenvalue weighted by Gasteiger charge is 2.19. The maximum atomic E-state index is 11.7. The summed E-state index contributed by atoms with van der Waals surface area (Å²) in [6.45, 7) is 3.59. The van der Waals surface area contributed by atoms with E-state index in [1.807, 2.05) is 6.07 Å². The second-order valence-corrected chi connectivity index (χ2v) is 4.75. The fourth-order valence-corrected chi connectivity index (χ4v) is 2.11. The van der Waals surface area contributed by atoms with Crippen molar-refractivity contribution in [1.29, 1.82) is 0 Å². The summed E-state index contributed by atoms with van der Waals surface area (Å²) in [5.41, 5.74) is 2.15. The van der Waals surface area contributed by atoms with Gasteiger partial charge in [0.15, 0.2) is 5.76 Å². The molecule has 1 N–H and O–H groups in total. The molecule has 0 fully saturated rings. The van der Waals surface area contributed by atoms with Crippen LogP contribution in [0, 0.1) is 0 Å². The molecule has 0 spiro atoms. The van der Waals surface area contributed by atoms with Crippen LogP contribution in [-0.2, 0) is 0 Å². The van der Waals surface area contributed by atoms with E-state index in [2.05, 4.69) is 9.98 Å². The molecule has 6 nitrogen and oxygen atoms in total. The first-order valence-electron chi connectivity index (χ1n) is 6.23. The quantitative estimate of drug-likeness (QED) is 0.909. The summed E-state index contributed by atoms with van der Waals surface area (Å²) in [6, 6.07) is 3.46. The summed E-state index contributed by atoms with van der Waals surface area (Å²) in [5.74, 6) is -0.653. The van der Waals surface area contributed by atoms with Crippen molar-refractivity contribution in [1.82, 2.24) is 9.55 Å². The Balaban J connectivity index is 2.10. The lowest BCUT2D eigenvalue weighted by molar-refractivity contribution is 0.392. The summed E-state index contributed by atoms with van der Waals surface area (Å²) >= 11 is 0. The van der Waals surface area contributed by atoms with Crippen molar-refractivity contribution < 1.29 is 9.52 Å². The predicted octanol–water partition coefficient (Wildman–Crippen LogP) is 2.38. The van der Waals surface area contributed by atoms with Gasteiger partial charge in [-0.3, -0.25) is 9.98 Å². The van der Waals surface area contributed by atoms with E-state index in [1.165, 1.54) is 4.57 Å². The third kappa shape index (κ3) is 1.85. The van der Waals surface area contributed by atoms with Crippen LogP contribution in [0.15, 0.2) is 32.5 Å². The highest BCUT2D eigenvalue weighted by atomic mass is 16.4. The Labute approximate surface area is 114 Å². The van der Waals surface area contributed by atoms with Crippen LogP contribution >= 0.6 is 0 Å². The molecular formula is C14H13N3O3. The van der Waals surface area contributed by atoms with Gasteiger partial charge in [0.05, 0.1) is 11.4 Å². The molecule has 0 aromatic carbocycles. The first kappa shape index (κ1) is 12.4. The van der Waals surface area contributed by atoms with Gasteiger partial charge in [0.1, 0.15) is 0 Å². The number of pyridine rings is 1. The fourth-order valence-electron chi connectivity index (χ4n) is 2.11. The Morgan fingerprint density at radius 1 is 1.45 bits per heavy atom. The number of hydrogen-bond acceptors (Lipinski definition) is 5. The summed E-state index contributed by atoms with van der Waals surface area (Å²) in [5, 5.41) is 10.0. The SMILES string of the molecule is CC(C)n1c(O)c(/C=C2\C=Nc3cccnc32)oc1=O. The van der Waals surface area contributed by atoms with Crippen LogP contribution in [0.3, 0.4) is 0 Å². The highest BCUT2D eigenvalue weighted by Crippen LogP contribution is 2.32. The maximum Gasteiger partial charge on any atom is 0.422 e. The van der Waals surface area contributed by atoms with Gasteiger partial charge in [0.25, 0.3) is 0 Å². The zero-order chi connectivity index (χ0) is 14.3. The minimum absolute atomic E-state index is 0.114. The molecule has 0 aliphatic carbocycles. The van der Waals surface area contributed by atoms with E-state index in [-0.39, 0.29) is 17.7 Å². The van der Waals surface area contributed by atoms with Gasteiger partial charge in [-0.2, -0.15) is 0 Å². The lowest BCUT2D eigenvalue weighted by atomic mass is 10.1. The fraction of sp³-hybridized carbons (Fsp3) is 0.214. The van der Waals surface area contributed by atoms with Crippen molar-refractivity contribution in [3.63, 3.8) is 0 Å². The lowest BCUT2D eigenvalue weighted by Gasteiger charge is -2.04. The third-order valence-electron chi connectivity index (χ3n) is 3.05. The molecule has 0 saturated heterocycles. The van der Waals surface area contributed by atoms with Crippen molar-refractivity contribution in [2.75, 3.05) is 0 Å². The summed E-state index contributed by atoms with van der Waals surface area (Å²) in [6.07, 6.45) is 4.86. The van der Waals surface area contributed by atoms with Gasteiger partial charge in [-0.1, -0.05) is 0 Å².